The van der Waals surface area contributed by atoms with Crippen molar-refractivity contribution in [3.63, 3.8) is 0 Å². The summed E-state index contributed by atoms with van der Waals surface area (Å²) in [5.41, 5.74) is 3.48. The summed E-state index contributed by atoms with van der Waals surface area (Å²) in [6.07, 6.45) is 0. The number of thiazole rings is 1. The largest absolute Gasteiger partial charge is 0.308 e. The number of benzene rings is 2. The van der Waals surface area contributed by atoms with Crippen LogP contribution in [0.15, 0.2) is 53.3 Å². The van der Waals surface area contributed by atoms with Gasteiger partial charge in [-0.15, -0.1) is 0 Å². The third kappa shape index (κ3) is 2.93. The van der Waals surface area contributed by atoms with Crippen molar-refractivity contribution < 1.29 is 0 Å². The van der Waals surface area contributed by atoms with Crippen LogP contribution < -0.4 is 4.87 Å². The third-order valence-corrected chi connectivity index (χ3v) is 4.35. The van der Waals surface area contributed by atoms with Gasteiger partial charge in [0.25, 0.3) is 0 Å². The zero-order valence-corrected chi connectivity index (χ0v) is 13.4. The number of fused-ring (bicyclic) bond motifs is 1. The molecule has 3 heteroatoms. The van der Waals surface area contributed by atoms with Crippen molar-refractivity contribution >= 4 is 21.6 Å². The highest BCUT2D eigenvalue weighted by atomic mass is 32.1. The standard InChI is InChI=1S/C18H19NOS/c1-18(2,3)12-19-15-10-9-14(11-16(15)21-17(19)20)13-7-5-4-6-8-13/h4-11H,12H2,1-3H3. The van der Waals surface area contributed by atoms with Crippen molar-refractivity contribution in [1.82, 2.24) is 4.57 Å². The molecule has 21 heavy (non-hydrogen) atoms. The summed E-state index contributed by atoms with van der Waals surface area (Å²) >= 11 is 1.34. The van der Waals surface area contributed by atoms with Crippen LogP contribution in [0.4, 0.5) is 0 Å². The van der Waals surface area contributed by atoms with Crippen LogP contribution >= 0.6 is 11.3 Å². The zero-order chi connectivity index (χ0) is 15.0. The minimum atomic E-state index is 0.0932. The van der Waals surface area contributed by atoms with Crippen LogP contribution in [0.3, 0.4) is 0 Å². The number of nitrogens with zero attached hydrogens (tertiary/aromatic N) is 1. The smallest absolute Gasteiger partial charge is 0.298 e. The molecule has 1 heterocycles. The van der Waals surface area contributed by atoms with E-state index in [9.17, 15) is 4.79 Å². The Bertz CT molecular complexity index is 822. The van der Waals surface area contributed by atoms with Gasteiger partial charge in [-0.05, 0) is 28.7 Å². The lowest BCUT2D eigenvalue weighted by Crippen LogP contribution is -2.22. The highest BCUT2D eigenvalue weighted by Gasteiger charge is 2.16. The normalized spacial score (nSPS) is 12.0. The van der Waals surface area contributed by atoms with Gasteiger partial charge in [0, 0.05) is 6.54 Å². The van der Waals surface area contributed by atoms with Gasteiger partial charge in [-0.1, -0.05) is 68.5 Å². The van der Waals surface area contributed by atoms with Crippen molar-refractivity contribution in [3.05, 3.63) is 58.2 Å². The second-order valence-corrected chi connectivity index (χ2v) is 7.56. The van der Waals surface area contributed by atoms with E-state index in [-0.39, 0.29) is 10.3 Å². The molecular formula is C18H19NOS. The lowest BCUT2D eigenvalue weighted by molar-refractivity contribution is 0.346. The van der Waals surface area contributed by atoms with E-state index in [0.717, 1.165) is 22.3 Å². The average Bonchev–Trinajstić information content (AvgIpc) is 2.74. The minimum Gasteiger partial charge on any atom is -0.298 e. The fraction of sp³-hybridized carbons (Fsp3) is 0.278. The highest BCUT2D eigenvalue weighted by molar-refractivity contribution is 7.16. The van der Waals surface area contributed by atoms with Crippen molar-refractivity contribution in [3.8, 4) is 11.1 Å². The van der Waals surface area contributed by atoms with Gasteiger partial charge in [-0.2, -0.15) is 0 Å². The fourth-order valence-corrected chi connectivity index (χ4v) is 3.43. The summed E-state index contributed by atoms with van der Waals surface area (Å²) in [7, 11) is 0. The van der Waals surface area contributed by atoms with E-state index in [1.54, 1.807) is 0 Å². The molecule has 0 bridgehead atoms. The molecule has 3 aromatic rings. The Morgan fingerprint density at radius 1 is 1.00 bits per heavy atom. The molecule has 0 unspecified atom stereocenters. The molecule has 0 amide bonds. The van der Waals surface area contributed by atoms with Crippen LogP contribution in [-0.4, -0.2) is 4.57 Å². The molecule has 2 aromatic carbocycles. The molecule has 0 aliphatic carbocycles. The van der Waals surface area contributed by atoms with Crippen molar-refractivity contribution in [2.75, 3.05) is 0 Å². The lowest BCUT2D eigenvalue weighted by atomic mass is 9.97. The Morgan fingerprint density at radius 3 is 2.38 bits per heavy atom. The molecular weight excluding hydrogens is 278 g/mol. The summed E-state index contributed by atoms with van der Waals surface area (Å²) in [6, 6.07) is 16.6. The second-order valence-electron chi connectivity index (χ2n) is 6.56. The fourth-order valence-electron chi connectivity index (χ4n) is 2.50. The van der Waals surface area contributed by atoms with Gasteiger partial charge in [0.15, 0.2) is 0 Å². The van der Waals surface area contributed by atoms with Crippen LogP contribution in [0.2, 0.25) is 0 Å². The van der Waals surface area contributed by atoms with E-state index in [4.69, 9.17) is 0 Å². The molecule has 0 N–H and O–H groups in total. The Balaban J connectivity index is 2.11. The first kappa shape index (κ1) is 14.1. The van der Waals surface area contributed by atoms with Crippen LogP contribution in [0, 0.1) is 5.41 Å². The molecule has 0 saturated heterocycles. The van der Waals surface area contributed by atoms with E-state index >= 15 is 0 Å². The quantitative estimate of drug-likeness (QED) is 0.667. The van der Waals surface area contributed by atoms with E-state index in [1.807, 2.05) is 22.8 Å². The minimum absolute atomic E-state index is 0.0932. The lowest BCUT2D eigenvalue weighted by Gasteiger charge is -2.18. The topological polar surface area (TPSA) is 22.0 Å². The predicted octanol–water partition coefficient (Wildman–Crippen LogP) is 4.78. The maximum absolute atomic E-state index is 12.2. The maximum atomic E-state index is 12.2. The summed E-state index contributed by atoms with van der Waals surface area (Å²) in [6.45, 7) is 7.21. The predicted molar refractivity (Wildman–Crippen MR) is 91.0 cm³/mol. The monoisotopic (exact) mass is 297 g/mol. The molecule has 0 aliphatic heterocycles. The SMILES string of the molecule is CC(C)(C)Cn1c(=O)sc2cc(-c3ccccc3)ccc21. The molecule has 1 aromatic heterocycles. The summed E-state index contributed by atoms with van der Waals surface area (Å²) in [5.74, 6) is 0. The molecule has 3 rings (SSSR count). The van der Waals surface area contributed by atoms with Gasteiger partial charge < -0.3 is 0 Å². The Hall–Kier alpha value is -1.87. The van der Waals surface area contributed by atoms with E-state index in [2.05, 4.69) is 51.1 Å². The molecule has 108 valence electrons. The van der Waals surface area contributed by atoms with Gasteiger partial charge in [0.1, 0.15) is 0 Å². The van der Waals surface area contributed by atoms with E-state index in [0.29, 0.717) is 0 Å². The van der Waals surface area contributed by atoms with Crippen LogP contribution in [0.25, 0.3) is 21.3 Å². The molecule has 2 nitrogen and oxygen atoms in total. The van der Waals surface area contributed by atoms with Gasteiger partial charge >= 0.3 is 4.87 Å². The number of aromatic nitrogens is 1. The van der Waals surface area contributed by atoms with Crippen LogP contribution in [-0.2, 0) is 6.54 Å². The summed E-state index contributed by atoms with van der Waals surface area (Å²) in [4.78, 5) is 12.4. The molecule has 0 aliphatic rings. The Kier molecular flexibility index (Phi) is 3.46. The molecule has 0 radical (unpaired) electrons. The first-order chi connectivity index (χ1) is 9.94. The Labute approximate surface area is 128 Å². The zero-order valence-electron chi connectivity index (χ0n) is 12.6. The molecule has 0 saturated carbocycles. The number of rotatable bonds is 2. The van der Waals surface area contributed by atoms with Gasteiger partial charge in [-0.25, -0.2) is 0 Å². The van der Waals surface area contributed by atoms with Crippen LogP contribution in [0.1, 0.15) is 20.8 Å². The van der Waals surface area contributed by atoms with Crippen molar-refractivity contribution in [1.29, 1.82) is 0 Å². The summed E-state index contributed by atoms with van der Waals surface area (Å²) in [5, 5.41) is 0. The molecule has 0 atom stereocenters. The van der Waals surface area contributed by atoms with Crippen LogP contribution in [0.5, 0.6) is 0 Å². The Morgan fingerprint density at radius 2 is 1.71 bits per heavy atom. The molecule has 0 spiro atoms. The maximum Gasteiger partial charge on any atom is 0.308 e. The van der Waals surface area contributed by atoms with E-state index in [1.165, 1.54) is 16.9 Å². The number of hydrogen-bond donors (Lipinski definition) is 0. The summed E-state index contributed by atoms with van der Waals surface area (Å²) < 4.78 is 2.96. The third-order valence-electron chi connectivity index (χ3n) is 3.41. The van der Waals surface area contributed by atoms with Gasteiger partial charge in [-0.3, -0.25) is 9.36 Å². The first-order valence-electron chi connectivity index (χ1n) is 7.13. The van der Waals surface area contributed by atoms with E-state index < -0.39 is 0 Å². The second kappa shape index (κ2) is 5.15. The first-order valence-corrected chi connectivity index (χ1v) is 7.94. The average molecular weight is 297 g/mol. The number of hydrogen-bond acceptors (Lipinski definition) is 2. The van der Waals surface area contributed by atoms with Gasteiger partial charge in [0.2, 0.25) is 0 Å². The van der Waals surface area contributed by atoms with Crippen molar-refractivity contribution in [2.24, 2.45) is 5.41 Å². The van der Waals surface area contributed by atoms with Gasteiger partial charge in [0.05, 0.1) is 10.2 Å². The molecule has 0 fully saturated rings. The van der Waals surface area contributed by atoms with Crippen molar-refractivity contribution in [2.45, 2.75) is 27.3 Å². The highest BCUT2D eigenvalue weighted by Crippen LogP contribution is 2.27.